The van der Waals surface area contributed by atoms with Gasteiger partial charge in [-0.2, -0.15) is 0 Å². The van der Waals surface area contributed by atoms with E-state index in [9.17, 15) is 19.2 Å². The first kappa shape index (κ1) is 26.6. The van der Waals surface area contributed by atoms with Gasteiger partial charge in [0, 0.05) is 16.5 Å². The SMILES string of the molecule is Cc1ccc2nc(-c3ccc(N4C(=O)[C@H]5C[C@H](C)CC[C@H]5C4=O)cc3)cc(C(=O)OCC(=O)c3ccccc3)c2c1. The standard InChI is InChI=1S/C34H30N2O5/c1-20-8-14-25-27(17-20)33(39)36(32(25)38)24-12-10-22(11-13-24)30-18-28(26-16-21(2)9-15-29(26)35-30)34(40)41-19-31(37)23-6-4-3-5-7-23/h3-7,9-13,15-16,18,20,25,27H,8,14,17,19H2,1-2H3/t20-,25-,27+/m1/s1. The number of benzene rings is 3. The van der Waals surface area contributed by atoms with Crippen molar-refractivity contribution in [1.82, 2.24) is 4.98 Å². The van der Waals surface area contributed by atoms with Crippen molar-refractivity contribution in [1.29, 1.82) is 0 Å². The van der Waals surface area contributed by atoms with Crippen LogP contribution in [0.25, 0.3) is 22.2 Å². The number of hydrogen-bond donors (Lipinski definition) is 0. The zero-order valence-electron chi connectivity index (χ0n) is 23.0. The number of hydrogen-bond acceptors (Lipinski definition) is 6. The van der Waals surface area contributed by atoms with Crippen LogP contribution in [-0.2, 0) is 14.3 Å². The second-order valence-electron chi connectivity index (χ2n) is 11.1. The number of aryl methyl sites for hydroxylation is 1. The van der Waals surface area contributed by atoms with Crippen molar-refractivity contribution in [3.05, 3.63) is 95.6 Å². The molecule has 1 saturated heterocycles. The van der Waals surface area contributed by atoms with Crippen molar-refractivity contribution < 1.29 is 23.9 Å². The van der Waals surface area contributed by atoms with Crippen molar-refractivity contribution in [2.24, 2.45) is 17.8 Å². The summed E-state index contributed by atoms with van der Waals surface area (Å²) in [5.41, 5.74) is 4.15. The van der Waals surface area contributed by atoms with E-state index >= 15 is 0 Å². The zero-order chi connectivity index (χ0) is 28.7. The summed E-state index contributed by atoms with van der Waals surface area (Å²) < 4.78 is 5.45. The van der Waals surface area contributed by atoms with Crippen LogP contribution in [0.4, 0.5) is 5.69 Å². The first-order valence-electron chi connectivity index (χ1n) is 13.9. The Labute approximate surface area is 238 Å². The third kappa shape index (κ3) is 5.04. The molecule has 0 bridgehead atoms. The number of rotatable bonds is 6. The molecule has 0 unspecified atom stereocenters. The van der Waals surface area contributed by atoms with Crippen molar-refractivity contribution in [3.8, 4) is 11.3 Å². The lowest BCUT2D eigenvalue weighted by molar-refractivity contribution is -0.122. The van der Waals surface area contributed by atoms with Crippen LogP contribution < -0.4 is 4.90 Å². The van der Waals surface area contributed by atoms with E-state index in [0.29, 0.717) is 39.3 Å². The summed E-state index contributed by atoms with van der Waals surface area (Å²) in [7, 11) is 0. The first-order valence-corrected chi connectivity index (χ1v) is 13.9. The van der Waals surface area contributed by atoms with E-state index in [1.807, 2.05) is 31.2 Å². The molecule has 7 nitrogen and oxygen atoms in total. The second kappa shape index (κ2) is 10.7. The number of carbonyl (C=O) groups is 4. The fraction of sp³-hybridized carbons (Fsp3) is 0.265. The molecule has 0 radical (unpaired) electrons. The third-order valence-electron chi connectivity index (χ3n) is 8.22. The lowest BCUT2D eigenvalue weighted by Gasteiger charge is -2.25. The summed E-state index contributed by atoms with van der Waals surface area (Å²) in [6.45, 7) is 3.69. The number of carbonyl (C=O) groups excluding carboxylic acids is 4. The van der Waals surface area contributed by atoms with Gasteiger partial charge in [0.15, 0.2) is 12.4 Å². The van der Waals surface area contributed by atoms with Crippen LogP contribution in [-0.4, -0.2) is 35.2 Å². The topological polar surface area (TPSA) is 93.6 Å². The van der Waals surface area contributed by atoms with Gasteiger partial charge < -0.3 is 4.74 Å². The van der Waals surface area contributed by atoms with Gasteiger partial charge >= 0.3 is 5.97 Å². The summed E-state index contributed by atoms with van der Waals surface area (Å²) >= 11 is 0. The van der Waals surface area contributed by atoms with Gasteiger partial charge in [0.2, 0.25) is 11.8 Å². The Balaban J connectivity index is 1.28. The van der Waals surface area contributed by atoms with Crippen molar-refractivity contribution >= 4 is 40.2 Å². The number of aromatic nitrogens is 1. The minimum Gasteiger partial charge on any atom is -0.454 e. The maximum atomic E-state index is 13.3. The minimum absolute atomic E-state index is 0.117. The predicted octanol–water partition coefficient (Wildman–Crippen LogP) is 6.18. The number of anilines is 1. The molecule has 2 fully saturated rings. The minimum atomic E-state index is -0.616. The van der Waals surface area contributed by atoms with Crippen molar-refractivity contribution in [2.75, 3.05) is 11.5 Å². The molecule has 0 N–H and O–H groups in total. The zero-order valence-corrected chi connectivity index (χ0v) is 23.0. The van der Waals surface area contributed by atoms with Crippen LogP contribution in [0.15, 0.2) is 78.9 Å². The Bertz CT molecular complexity index is 1680. The van der Waals surface area contributed by atoms with Gasteiger partial charge in [0.1, 0.15) is 0 Å². The number of amides is 2. The normalized spacial score (nSPS) is 20.2. The summed E-state index contributed by atoms with van der Waals surface area (Å²) in [5.74, 6) is -1.16. The summed E-state index contributed by atoms with van der Waals surface area (Å²) in [4.78, 5) is 58.2. The molecule has 2 amide bonds. The lowest BCUT2D eigenvalue weighted by atomic mass is 9.76. The van der Waals surface area contributed by atoms with Gasteiger partial charge in [-0.1, -0.05) is 61.0 Å². The highest BCUT2D eigenvalue weighted by molar-refractivity contribution is 6.22. The Morgan fingerprint density at radius 1 is 0.902 bits per heavy atom. The summed E-state index contributed by atoms with van der Waals surface area (Å²) in [5, 5.41) is 0.632. The number of ketones is 1. The smallest absolute Gasteiger partial charge is 0.339 e. The monoisotopic (exact) mass is 546 g/mol. The fourth-order valence-corrected chi connectivity index (χ4v) is 6.00. The number of pyridine rings is 1. The Morgan fingerprint density at radius 3 is 2.39 bits per heavy atom. The van der Waals surface area contributed by atoms with Crippen LogP contribution in [0.5, 0.6) is 0 Å². The van der Waals surface area contributed by atoms with Crippen LogP contribution in [0.1, 0.15) is 52.5 Å². The molecule has 1 saturated carbocycles. The molecule has 7 heteroatoms. The molecule has 3 aromatic carbocycles. The van der Waals surface area contributed by atoms with Gasteiger partial charge in [-0.25, -0.2) is 9.78 Å². The highest BCUT2D eigenvalue weighted by atomic mass is 16.5. The molecule has 3 atom stereocenters. The fourth-order valence-electron chi connectivity index (χ4n) is 6.00. The molecule has 0 spiro atoms. The van der Waals surface area contributed by atoms with E-state index < -0.39 is 5.97 Å². The number of esters is 1. The molecule has 206 valence electrons. The van der Waals surface area contributed by atoms with E-state index in [4.69, 9.17) is 9.72 Å². The molecule has 1 aliphatic carbocycles. The van der Waals surface area contributed by atoms with Gasteiger partial charge in [0.05, 0.1) is 34.3 Å². The second-order valence-corrected chi connectivity index (χ2v) is 11.1. The number of ether oxygens (including phenoxy) is 1. The molecule has 4 aromatic rings. The molecule has 2 aliphatic rings. The Hall–Kier alpha value is -4.65. The number of nitrogens with zero attached hydrogens (tertiary/aromatic N) is 2. The largest absolute Gasteiger partial charge is 0.454 e. The first-order chi connectivity index (χ1) is 19.8. The van der Waals surface area contributed by atoms with Crippen molar-refractivity contribution in [3.63, 3.8) is 0 Å². The highest BCUT2D eigenvalue weighted by Crippen LogP contribution is 2.42. The van der Waals surface area contributed by atoms with E-state index in [1.165, 1.54) is 4.90 Å². The number of imide groups is 1. The molecule has 6 rings (SSSR count). The van der Waals surface area contributed by atoms with Gasteiger partial charge in [-0.15, -0.1) is 0 Å². The molecule has 1 aromatic heterocycles. The molecule has 2 heterocycles. The van der Waals surface area contributed by atoms with Gasteiger partial charge in [0.25, 0.3) is 0 Å². The molecular formula is C34H30N2O5. The van der Waals surface area contributed by atoms with Crippen LogP contribution in [0, 0.1) is 24.7 Å². The summed E-state index contributed by atoms with van der Waals surface area (Å²) in [6, 6.07) is 23.1. The number of fused-ring (bicyclic) bond motifs is 2. The number of Topliss-reactive ketones (excluding diaryl/α,β-unsaturated/α-hetero) is 1. The molecule has 1 aliphatic heterocycles. The Morgan fingerprint density at radius 2 is 1.63 bits per heavy atom. The predicted molar refractivity (Wildman–Crippen MR) is 155 cm³/mol. The Kier molecular flexibility index (Phi) is 6.95. The van der Waals surface area contributed by atoms with Gasteiger partial charge in [-0.3, -0.25) is 19.3 Å². The molecular weight excluding hydrogens is 516 g/mol. The van der Waals surface area contributed by atoms with Crippen LogP contribution in [0.3, 0.4) is 0 Å². The maximum absolute atomic E-state index is 13.3. The van der Waals surface area contributed by atoms with E-state index in [1.54, 1.807) is 54.6 Å². The van der Waals surface area contributed by atoms with Crippen molar-refractivity contribution in [2.45, 2.75) is 33.1 Å². The van der Waals surface area contributed by atoms with E-state index in [0.717, 1.165) is 30.4 Å². The van der Waals surface area contributed by atoms with E-state index in [2.05, 4.69) is 6.92 Å². The van der Waals surface area contributed by atoms with Gasteiger partial charge in [-0.05, 0) is 62.4 Å². The third-order valence-corrected chi connectivity index (χ3v) is 8.22. The van der Waals surface area contributed by atoms with E-state index in [-0.39, 0.29) is 36.0 Å². The van der Waals surface area contributed by atoms with Crippen LogP contribution in [0.2, 0.25) is 0 Å². The quantitative estimate of drug-likeness (QED) is 0.163. The average Bonchev–Trinajstić information content (AvgIpc) is 3.24. The maximum Gasteiger partial charge on any atom is 0.339 e. The summed E-state index contributed by atoms with van der Waals surface area (Å²) in [6.07, 6.45) is 2.47. The van der Waals surface area contributed by atoms with Crippen LogP contribution >= 0.6 is 0 Å². The lowest BCUT2D eigenvalue weighted by Crippen LogP contribution is -2.30. The average molecular weight is 547 g/mol. The highest BCUT2D eigenvalue weighted by Gasteiger charge is 2.49. The molecule has 41 heavy (non-hydrogen) atoms.